The number of nitrogens with zero attached hydrogens (tertiary/aromatic N) is 1. The van der Waals surface area contributed by atoms with Gasteiger partial charge in [0.1, 0.15) is 11.6 Å². The van der Waals surface area contributed by atoms with Gasteiger partial charge in [-0.1, -0.05) is 0 Å². The standard InChI is InChI=1S/C15H11F4NO4/c1-8(21)9-2-5-13(20(22)23)14(6-9)24-10-3-4-12(16)11(7-10)15(17,18)19/h2-8,21H,1H3. The average Bonchev–Trinajstić information content (AvgIpc) is 2.47. The van der Waals surface area contributed by atoms with Crippen molar-refractivity contribution in [3.05, 3.63) is 63.5 Å². The van der Waals surface area contributed by atoms with Crippen molar-refractivity contribution in [3.8, 4) is 11.5 Å². The van der Waals surface area contributed by atoms with E-state index in [1.54, 1.807) is 0 Å². The van der Waals surface area contributed by atoms with Crippen LogP contribution in [-0.4, -0.2) is 10.0 Å². The van der Waals surface area contributed by atoms with Crippen LogP contribution in [0, 0.1) is 15.9 Å². The normalized spacial score (nSPS) is 12.8. The molecule has 1 atom stereocenters. The lowest BCUT2D eigenvalue weighted by molar-refractivity contribution is -0.385. The van der Waals surface area contributed by atoms with Crippen LogP contribution in [-0.2, 0) is 6.18 Å². The predicted octanol–water partition coefficient (Wildman–Crippen LogP) is 4.60. The third-order valence-electron chi connectivity index (χ3n) is 3.13. The molecular weight excluding hydrogens is 334 g/mol. The maximum absolute atomic E-state index is 13.3. The van der Waals surface area contributed by atoms with E-state index in [4.69, 9.17) is 4.74 Å². The molecule has 1 unspecified atom stereocenters. The monoisotopic (exact) mass is 345 g/mol. The average molecular weight is 345 g/mol. The first-order valence-electron chi connectivity index (χ1n) is 6.60. The fraction of sp³-hybridized carbons (Fsp3) is 0.200. The molecule has 9 heteroatoms. The van der Waals surface area contributed by atoms with Gasteiger partial charge in [0.15, 0.2) is 0 Å². The molecule has 2 aromatic rings. The Bertz CT molecular complexity index is 775. The van der Waals surface area contributed by atoms with E-state index >= 15 is 0 Å². The molecule has 0 radical (unpaired) electrons. The zero-order valence-corrected chi connectivity index (χ0v) is 12.2. The van der Waals surface area contributed by atoms with Gasteiger partial charge < -0.3 is 9.84 Å². The summed E-state index contributed by atoms with van der Waals surface area (Å²) in [4.78, 5) is 10.2. The smallest absolute Gasteiger partial charge is 0.419 e. The summed E-state index contributed by atoms with van der Waals surface area (Å²) in [6.07, 6.45) is -5.90. The van der Waals surface area contributed by atoms with Gasteiger partial charge in [-0.3, -0.25) is 10.1 Å². The van der Waals surface area contributed by atoms with Gasteiger partial charge in [0.2, 0.25) is 5.75 Å². The number of alkyl halides is 3. The highest BCUT2D eigenvalue weighted by Crippen LogP contribution is 2.37. The molecule has 0 spiro atoms. The topological polar surface area (TPSA) is 72.6 Å². The highest BCUT2D eigenvalue weighted by molar-refractivity contribution is 5.51. The summed E-state index contributed by atoms with van der Waals surface area (Å²) in [5.74, 6) is -2.27. The van der Waals surface area contributed by atoms with Gasteiger partial charge in [-0.05, 0) is 42.8 Å². The Hall–Kier alpha value is -2.68. The molecule has 1 N–H and O–H groups in total. The number of hydrogen-bond donors (Lipinski definition) is 1. The minimum Gasteiger partial charge on any atom is -0.450 e. The van der Waals surface area contributed by atoms with E-state index in [0.29, 0.717) is 12.1 Å². The Balaban J connectivity index is 2.47. The second kappa shape index (κ2) is 6.44. The Labute approximate surface area is 133 Å². The first-order valence-corrected chi connectivity index (χ1v) is 6.60. The molecule has 0 aromatic heterocycles. The lowest BCUT2D eigenvalue weighted by Crippen LogP contribution is -2.08. The van der Waals surface area contributed by atoms with Gasteiger partial charge in [-0.25, -0.2) is 4.39 Å². The minimum absolute atomic E-state index is 0.272. The van der Waals surface area contributed by atoms with Gasteiger partial charge >= 0.3 is 11.9 Å². The number of aliphatic hydroxyl groups excluding tert-OH is 1. The maximum Gasteiger partial charge on any atom is 0.419 e. The van der Waals surface area contributed by atoms with Crippen molar-refractivity contribution in [1.29, 1.82) is 0 Å². The molecule has 0 amide bonds. The molecule has 0 heterocycles. The van der Waals surface area contributed by atoms with Gasteiger partial charge in [0.05, 0.1) is 16.6 Å². The summed E-state index contributed by atoms with van der Waals surface area (Å²) in [7, 11) is 0. The Kier molecular flexibility index (Phi) is 4.74. The zero-order valence-electron chi connectivity index (χ0n) is 12.2. The molecule has 0 saturated heterocycles. The number of halogens is 4. The molecule has 0 aliphatic rings. The number of nitro benzene ring substituents is 1. The van der Waals surface area contributed by atoms with Crippen molar-refractivity contribution in [3.63, 3.8) is 0 Å². The van der Waals surface area contributed by atoms with Crippen LogP contribution < -0.4 is 4.74 Å². The summed E-state index contributed by atoms with van der Waals surface area (Å²) in [6, 6.07) is 5.38. The van der Waals surface area contributed by atoms with E-state index in [0.717, 1.165) is 18.2 Å². The molecule has 0 saturated carbocycles. The van der Waals surface area contributed by atoms with Crippen LogP contribution in [0.1, 0.15) is 24.2 Å². The third-order valence-corrected chi connectivity index (χ3v) is 3.13. The van der Waals surface area contributed by atoms with Gasteiger partial charge in [0, 0.05) is 6.07 Å². The number of benzene rings is 2. The highest BCUT2D eigenvalue weighted by atomic mass is 19.4. The molecule has 5 nitrogen and oxygen atoms in total. The van der Waals surface area contributed by atoms with Crippen LogP contribution in [0.3, 0.4) is 0 Å². The molecule has 0 fully saturated rings. The second-order valence-electron chi connectivity index (χ2n) is 4.90. The summed E-state index contributed by atoms with van der Waals surface area (Å²) >= 11 is 0. The van der Waals surface area contributed by atoms with Crippen molar-refractivity contribution in [2.75, 3.05) is 0 Å². The zero-order chi connectivity index (χ0) is 18.1. The second-order valence-corrected chi connectivity index (χ2v) is 4.90. The maximum atomic E-state index is 13.3. The van der Waals surface area contributed by atoms with Crippen LogP contribution in [0.15, 0.2) is 36.4 Å². The van der Waals surface area contributed by atoms with Crippen LogP contribution in [0.2, 0.25) is 0 Å². The molecule has 0 aliphatic carbocycles. The highest BCUT2D eigenvalue weighted by Gasteiger charge is 2.34. The van der Waals surface area contributed by atoms with Gasteiger partial charge in [-0.2, -0.15) is 13.2 Å². The largest absolute Gasteiger partial charge is 0.450 e. The van der Waals surface area contributed by atoms with Crippen LogP contribution >= 0.6 is 0 Å². The van der Waals surface area contributed by atoms with E-state index in [9.17, 15) is 32.8 Å². The lowest BCUT2D eigenvalue weighted by atomic mass is 10.1. The third kappa shape index (κ3) is 3.80. The van der Waals surface area contributed by atoms with E-state index in [1.807, 2.05) is 0 Å². The predicted molar refractivity (Wildman–Crippen MR) is 75.2 cm³/mol. The van der Waals surface area contributed by atoms with Crippen LogP contribution in [0.25, 0.3) is 0 Å². The van der Waals surface area contributed by atoms with Crippen molar-refractivity contribution in [1.82, 2.24) is 0 Å². The van der Waals surface area contributed by atoms with E-state index in [1.165, 1.54) is 13.0 Å². The van der Waals surface area contributed by atoms with E-state index < -0.39 is 40.0 Å². The van der Waals surface area contributed by atoms with Gasteiger partial charge in [-0.15, -0.1) is 0 Å². The molecule has 0 aliphatic heterocycles. The number of rotatable bonds is 4. The quantitative estimate of drug-likeness (QED) is 0.499. The molecule has 2 rings (SSSR count). The van der Waals surface area contributed by atoms with Gasteiger partial charge in [0.25, 0.3) is 0 Å². The number of ether oxygens (including phenoxy) is 1. The number of hydrogen-bond acceptors (Lipinski definition) is 4. The summed E-state index contributed by atoms with van der Waals surface area (Å²) in [5, 5.41) is 20.5. The fourth-order valence-corrected chi connectivity index (χ4v) is 1.94. The number of nitro groups is 1. The van der Waals surface area contributed by atoms with Crippen molar-refractivity contribution >= 4 is 5.69 Å². The fourth-order valence-electron chi connectivity index (χ4n) is 1.94. The summed E-state index contributed by atoms with van der Waals surface area (Å²) in [5.41, 5.74) is -1.78. The Morgan fingerprint density at radius 3 is 2.42 bits per heavy atom. The van der Waals surface area contributed by atoms with E-state index in [2.05, 4.69) is 0 Å². The number of aliphatic hydroxyl groups is 1. The molecule has 2 aromatic carbocycles. The molecule has 128 valence electrons. The van der Waals surface area contributed by atoms with Crippen LogP contribution in [0.5, 0.6) is 11.5 Å². The summed E-state index contributed by atoms with van der Waals surface area (Å²) in [6.45, 7) is 1.41. The first kappa shape index (κ1) is 17.7. The van der Waals surface area contributed by atoms with Crippen molar-refractivity contribution in [2.24, 2.45) is 0 Å². The van der Waals surface area contributed by atoms with Crippen molar-refractivity contribution < 1.29 is 32.3 Å². The minimum atomic E-state index is -4.93. The first-order chi connectivity index (χ1) is 11.1. The Morgan fingerprint density at radius 1 is 1.21 bits per heavy atom. The lowest BCUT2D eigenvalue weighted by Gasteiger charge is -2.12. The SMILES string of the molecule is CC(O)c1ccc([N+](=O)[O-])c(Oc2ccc(F)c(C(F)(F)F)c2)c1. The summed E-state index contributed by atoms with van der Waals surface area (Å²) < 4.78 is 56.5. The Morgan fingerprint density at radius 2 is 1.88 bits per heavy atom. The van der Waals surface area contributed by atoms with E-state index in [-0.39, 0.29) is 11.3 Å². The van der Waals surface area contributed by atoms with Crippen molar-refractivity contribution in [2.45, 2.75) is 19.2 Å². The van der Waals surface area contributed by atoms with Crippen LogP contribution in [0.4, 0.5) is 23.2 Å². The molecule has 24 heavy (non-hydrogen) atoms. The molecular formula is C15H11F4NO4. The molecule has 0 bridgehead atoms.